The minimum atomic E-state index is -0.729. The van der Waals surface area contributed by atoms with Crippen LogP contribution in [0.4, 0.5) is 0 Å². The molecule has 0 fully saturated rings. The second-order valence-corrected chi connectivity index (χ2v) is 8.05. The van der Waals surface area contributed by atoms with Gasteiger partial charge in [-0.2, -0.15) is 0 Å². The van der Waals surface area contributed by atoms with Gasteiger partial charge >= 0.3 is 5.97 Å². The summed E-state index contributed by atoms with van der Waals surface area (Å²) in [5.41, 5.74) is 5.04. The lowest BCUT2D eigenvalue weighted by atomic mass is 9.93. The van der Waals surface area contributed by atoms with Crippen LogP contribution in [0.25, 0.3) is 0 Å². The first-order chi connectivity index (χ1) is 15.4. The predicted molar refractivity (Wildman–Crippen MR) is 117 cm³/mol. The van der Waals surface area contributed by atoms with Gasteiger partial charge in [0, 0.05) is 13.0 Å². The van der Waals surface area contributed by atoms with E-state index in [9.17, 15) is 9.59 Å². The molecule has 3 aromatic rings. The van der Waals surface area contributed by atoms with Gasteiger partial charge in [0.05, 0.1) is 12.7 Å². The summed E-state index contributed by atoms with van der Waals surface area (Å²) in [4.78, 5) is 27.5. The Morgan fingerprint density at radius 2 is 1.84 bits per heavy atom. The van der Waals surface area contributed by atoms with Gasteiger partial charge in [0.2, 0.25) is 0 Å². The number of amides is 1. The van der Waals surface area contributed by atoms with Gasteiger partial charge in [0.25, 0.3) is 5.91 Å². The highest BCUT2D eigenvalue weighted by atomic mass is 16.5. The maximum Gasteiger partial charge on any atom is 0.328 e. The molecule has 32 heavy (non-hydrogen) atoms. The molecule has 1 aromatic heterocycles. The van der Waals surface area contributed by atoms with Crippen LogP contribution in [0.1, 0.15) is 44.1 Å². The molecule has 1 amide bonds. The summed E-state index contributed by atoms with van der Waals surface area (Å²) in [6.07, 6.45) is 0.389. The third kappa shape index (κ3) is 4.10. The lowest BCUT2D eigenvalue weighted by molar-refractivity contribution is -0.146. The van der Waals surface area contributed by atoms with Crippen molar-refractivity contribution in [3.63, 3.8) is 0 Å². The summed E-state index contributed by atoms with van der Waals surface area (Å²) in [6.45, 7) is 6.22. The fourth-order valence-corrected chi connectivity index (χ4v) is 3.91. The van der Waals surface area contributed by atoms with E-state index < -0.39 is 12.0 Å². The molecule has 0 saturated heterocycles. The van der Waals surface area contributed by atoms with Crippen molar-refractivity contribution < 1.29 is 23.6 Å². The number of benzene rings is 2. The molecule has 0 radical (unpaired) electrons. The molecular weight excluding hydrogens is 408 g/mol. The Morgan fingerprint density at radius 3 is 2.56 bits per heavy atom. The summed E-state index contributed by atoms with van der Waals surface area (Å²) in [6, 6.07) is 12.9. The van der Waals surface area contributed by atoms with Crippen molar-refractivity contribution in [3.05, 3.63) is 81.7 Å². The van der Waals surface area contributed by atoms with Crippen molar-refractivity contribution in [2.45, 2.75) is 46.4 Å². The molecule has 7 heteroatoms. The van der Waals surface area contributed by atoms with Gasteiger partial charge in [0.15, 0.2) is 5.69 Å². The highest BCUT2D eigenvalue weighted by Gasteiger charge is 2.38. The number of hydrogen-bond donors (Lipinski definition) is 0. The van der Waals surface area contributed by atoms with Crippen molar-refractivity contribution in [3.8, 4) is 5.75 Å². The van der Waals surface area contributed by atoms with Gasteiger partial charge in [-0.3, -0.25) is 4.79 Å². The number of aryl methyl sites for hydroxylation is 3. The minimum Gasteiger partial charge on any atom is -0.489 e. The molecule has 0 spiro atoms. The van der Waals surface area contributed by atoms with Crippen LogP contribution in [-0.4, -0.2) is 35.1 Å². The first-order valence-electron chi connectivity index (χ1n) is 10.5. The smallest absolute Gasteiger partial charge is 0.328 e. The van der Waals surface area contributed by atoms with Crippen molar-refractivity contribution in [2.75, 3.05) is 7.11 Å². The van der Waals surface area contributed by atoms with Crippen LogP contribution < -0.4 is 4.74 Å². The van der Waals surface area contributed by atoms with E-state index in [1.54, 1.807) is 6.92 Å². The summed E-state index contributed by atoms with van der Waals surface area (Å²) in [5.74, 6) is 0.363. The molecule has 1 atom stereocenters. The van der Waals surface area contributed by atoms with E-state index >= 15 is 0 Å². The van der Waals surface area contributed by atoms with Gasteiger partial charge in [0.1, 0.15) is 24.2 Å². The number of fused-ring (bicyclic) bond motifs is 1. The predicted octanol–water partition coefficient (Wildman–Crippen LogP) is 3.92. The summed E-state index contributed by atoms with van der Waals surface area (Å²) in [5, 5.41) is 4.01. The average Bonchev–Trinajstić information content (AvgIpc) is 3.18. The molecule has 0 aliphatic carbocycles. The second kappa shape index (κ2) is 8.86. The summed E-state index contributed by atoms with van der Waals surface area (Å²) < 4.78 is 16.3. The number of methoxy groups -OCH3 is 1. The fourth-order valence-electron chi connectivity index (χ4n) is 3.91. The topological polar surface area (TPSA) is 81.9 Å². The maximum absolute atomic E-state index is 13.5. The minimum absolute atomic E-state index is 0.131. The standard InChI is InChI=1S/C25H26N2O5/c1-15-9-10-20(11-16(15)2)31-14-21-17(3)32-26-23(21)24(28)27-13-19-8-6-5-7-18(19)12-22(27)25(29)30-4/h5-11,22H,12-14H2,1-4H3. The van der Waals surface area contributed by atoms with Gasteiger partial charge in [-0.15, -0.1) is 0 Å². The Bertz CT molecular complexity index is 1170. The number of rotatable bonds is 5. The Morgan fingerprint density at radius 1 is 1.09 bits per heavy atom. The number of hydrogen-bond acceptors (Lipinski definition) is 6. The zero-order chi connectivity index (χ0) is 22.8. The third-order valence-corrected chi connectivity index (χ3v) is 6.03. The molecule has 1 aliphatic heterocycles. The zero-order valence-electron chi connectivity index (χ0n) is 18.7. The first-order valence-corrected chi connectivity index (χ1v) is 10.5. The lowest BCUT2D eigenvalue weighted by Crippen LogP contribution is -2.49. The van der Waals surface area contributed by atoms with Crippen LogP contribution in [0.5, 0.6) is 5.75 Å². The van der Waals surface area contributed by atoms with Crippen LogP contribution in [0.15, 0.2) is 47.0 Å². The first kappa shape index (κ1) is 21.6. The van der Waals surface area contributed by atoms with Crippen molar-refractivity contribution in [1.29, 1.82) is 0 Å². The molecule has 1 unspecified atom stereocenters. The van der Waals surface area contributed by atoms with E-state index in [1.165, 1.54) is 17.6 Å². The van der Waals surface area contributed by atoms with Crippen LogP contribution in [0.3, 0.4) is 0 Å². The van der Waals surface area contributed by atoms with Crippen LogP contribution in [0.2, 0.25) is 0 Å². The molecule has 4 rings (SSSR count). The molecule has 2 aromatic carbocycles. The van der Waals surface area contributed by atoms with Crippen LogP contribution in [0, 0.1) is 20.8 Å². The molecule has 1 aliphatic rings. The highest BCUT2D eigenvalue weighted by molar-refractivity contribution is 5.96. The zero-order valence-corrected chi connectivity index (χ0v) is 18.7. The summed E-state index contributed by atoms with van der Waals surface area (Å²) >= 11 is 0. The van der Waals surface area contributed by atoms with Crippen molar-refractivity contribution >= 4 is 11.9 Å². The molecule has 166 valence electrons. The van der Waals surface area contributed by atoms with Crippen LogP contribution in [-0.2, 0) is 29.1 Å². The fraction of sp³-hybridized carbons (Fsp3) is 0.320. The van der Waals surface area contributed by atoms with Gasteiger partial charge in [-0.25, -0.2) is 4.79 Å². The van der Waals surface area contributed by atoms with Gasteiger partial charge < -0.3 is 18.9 Å². The Kier molecular flexibility index (Phi) is 5.99. The third-order valence-electron chi connectivity index (χ3n) is 6.03. The van der Waals surface area contributed by atoms with Gasteiger partial charge in [-0.1, -0.05) is 35.5 Å². The number of ether oxygens (including phenoxy) is 2. The van der Waals surface area contributed by atoms with Crippen LogP contribution >= 0.6 is 0 Å². The largest absolute Gasteiger partial charge is 0.489 e. The maximum atomic E-state index is 13.5. The molecule has 7 nitrogen and oxygen atoms in total. The SMILES string of the molecule is COC(=O)C1Cc2ccccc2CN1C(=O)c1noc(C)c1COc1ccc(C)c(C)c1. The van der Waals surface area contributed by atoms with E-state index in [2.05, 4.69) is 5.16 Å². The second-order valence-electron chi connectivity index (χ2n) is 8.05. The number of aromatic nitrogens is 1. The quantitative estimate of drug-likeness (QED) is 0.566. The number of carbonyl (C=O) groups is 2. The Balaban J connectivity index is 1.61. The van der Waals surface area contributed by atoms with Crippen molar-refractivity contribution in [2.24, 2.45) is 0 Å². The number of nitrogens with zero attached hydrogens (tertiary/aromatic N) is 2. The normalized spacial score (nSPS) is 15.2. The molecule has 0 saturated carbocycles. The lowest BCUT2D eigenvalue weighted by Gasteiger charge is -2.34. The Hall–Kier alpha value is -3.61. The van der Waals surface area contributed by atoms with E-state index in [1.807, 2.05) is 56.3 Å². The highest BCUT2D eigenvalue weighted by Crippen LogP contribution is 2.27. The number of carbonyl (C=O) groups excluding carboxylic acids is 2. The van der Waals surface area contributed by atoms with E-state index in [-0.39, 0.29) is 24.8 Å². The average molecular weight is 434 g/mol. The van der Waals surface area contributed by atoms with E-state index in [0.29, 0.717) is 23.5 Å². The van der Waals surface area contributed by atoms with Gasteiger partial charge in [-0.05, 0) is 55.2 Å². The molecule has 2 heterocycles. The van der Waals surface area contributed by atoms with E-state index in [4.69, 9.17) is 14.0 Å². The molecule has 0 N–H and O–H groups in total. The monoisotopic (exact) mass is 434 g/mol. The molecular formula is C25H26N2O5. The number of esters is 1. The summed E-state index contributed by atoms with van der Waals surface area (Å²) in [7, 11) is 1.33. The van der Waals surface area contributed by atoms with Crippen molar-refractivity contribution in [1.82, 2.24) is 10.1 Å². The Labute approximate surface area is 186 Å². The molecule has 0 bridgehead atoms. The van der Waals surface area contributed by atoms with E-state index in [0.717, 1.165) is 16.7 Å².